The summed E-state index contributed by atoms with van der Waals surface area (Å²) < 4.78 is 13.4. The molecule has 0 fully saturated rings. The molecule has 0 unspecified atom stereocenters. The van der Waals surface area contributed by atoms with Crippen LogP contribution in [0.2, 0.25) is 0 Å². The first-order valence-electron chi connectivity index (χ1n) is 6.85. The summed E-state index contributed by atoms with van der Waals surface area (Å²) in [6, 6.07) is 21.5. The van der Waals surface area contributed by atoms with E-state index in [1.807, 2.05) is 18.2 Å². The smallest absolute Gasteiger partial charge is 0.126 e. The summed E-state index contributed by atoms with van der Waals surface area (Å²) in [5.74, 6) is -0.266. The Labute approximate surface area is 121 Å². The van der Waals surface area contributed by atoms with Crippen molar-refractivity contribution in [3.63, 3.8) is 0 Å². The minimum atomic E-state index is -0.266. The molecule has 4 aromatic rings. The molecule has 1 aromatic heterocycles. The topological polar surface area (TPSA) is 12.9 Å². The summed E-state index contributed by atoms with van der Waals surface area (Å²) in [6.07, 6.45) is 1.50. The van der Waals surface area contributed by atoms with E-state index >= 15 is 0 Å². The monoisotopic (exact) mass is 273 g/mol. The molecule has 1 heterocycles. The Morgan fingerprint density at radius 2 is 1.48 bits per heavy atom. The van der Waals surface area contributed by atoms with Gasteiger partial charge in [-0.1, -0.05) is 48.5 Å². The highest BCUT2D eigenvalue weighted by molar-refractivity contribution is 6.08. The number of nitrogens with zero attached hydrogens (tertiary/aromatic N) is 1. The summed E-state index contributed by atoms with van der Waals surface area (Å²) in [5.41, 5.74) is 1.59. The van der Waals surface area contributed by atoms with Crippen LogP contribution in [0.3, 0.4) is 0 Å². The molecule has 2 heteroatoms. The lowest BCUT2D eigenvalue weighted by Crippen LogP contribution is -1.86. The van der Waals surface area contributed by atoms with E-state index in [-0.39, 0.29) is 5.82 Å². The summed E-state index contributed by atoms with van der Waals surface area (Å²) in [6.45, 7) is 0. The van der Waals surface area contributed by atoms with Crippen LogP contribution in [-0.2, 0) is 0 Å². The van der Waals surface area contributed by atoms with E-state index in [1.54, 1.807) is 0 Å². The van der Waals surface area contributed by atoms with E-state index in [2.05, 4.69) is 41.4 Å². The first-order chi connectivity index (χ1) is 10.3. The SMILES string of the molecule is Fc1ccnc(-c2ccc3ccc4ccccc4c3c2)c1. The number of pyridine rings is 1. The number of fused-ring (bicyclic) bond motifs is 3. The number of benzene rings is 3. The molecule has 0 amide bonds. The van der Waals surface area contributed by atoms with Crippen molar-refractivity contribution in [3.05, 3.63) is 78.7 Å². The van der Waals surface area contributed by atoms with Crippen LogP contribution < -0.4 is 0 Å². The Morgan fingerprint density at radius 1 is 0.714 bits per heavy atom. The highest BCUT2D eigenvalue weighted by Gasteiger charge is 2.05. The van der Waals surface area contributed by atoms with Gasteiger partial charge in [0, 0.05) is 17.8 Å². The summed E-state index contributed by atoms with van der Waals surface area (Å²) in [5, 5.41) is 4.74. The second-order valence-electron chi connectivity index (χ2n) is 5.08. The molecule has 100 valence electrons. The van der Waals surface area contributed by atoms with E-state index in [0.29, 0.717) is 5.69 Å². The zero-order valence-corrected chi connectivity index (χ0v) is 11.3. The maximum absolute atomic E-state index is 13.4. The lowest BCUT2D eigenvalue weighted by Gasteiger charge is -2.07. The first-order valence-corrected chi connectivity index (χ1v) is 6.85. The molecule has 0 bridgehead atoms. The van der Waals surface area contributed by atoms with Crippen LogP contribution in [-0.4, -0.2) is 4.98 Å². The van der Waals surface area contributed by atoms with E-state index in [1.165, 1.54) is 34.5 Å². The van der Waals surface area contributed by atoms with Gasteiger partial charge in [-0.2, -0.15) is 0 Å². The Balaban J connectivity index is 2.02. The summed E-state index contributed by atoms with van der Waals surface area (Å²) >= 11 is 0. The fraction of sp³-hybridized carbons (Fsp3) is 0. The van der Waals surface area contributed by atoms with Gasteiger partial charge < -0.3 is 0 Å². The number of hydrogen-bond donors (Lipinski definition) is 0. The van der Waals surface area contributed by atoms with E-state index in [9.17, 15) is 4.39 Å². The fourth-order valence-electron chi connectivity index (χ4n) is 2.72. The van der Waals surface area contributed by atoms with Gasteiger partial charge in [0.05, 0.1) is 5.69 Å². The minimum Gasteiger partial charge on any atom is -0.256 e. The van der Waals surface area contributed by atoms with Crippen LogP contribution in [0.25, 0.3) is 32.8 Å². The van der Waals surface area contributed by atoms with Crippen molar-refractivity contribution in [2.45, 2.75) is 0 Å². The largest absolute Gasteiger partial charge is 0.256 e. The van der Waals surface area contributed by atoms with Crippen LogP contribution in [0.15, 0.2) is 72.9 Å². The fourth-order valence-corrected chi connectivity index (χ4v) is 2.72. The Morgan fingerprint density at radius 3 is 2.33 bits per heavy atom. The maximum atomic E-state index is 13.4. The van der Waals surface area contributed by atoms with Crippen molar-refractivity contribution in [3.8, 4) is 11.3 Å². The zero-order chi connectivity index (χ0) is 14.2. The normalized spacial score (nSPS) is 11.1. The molecule has 0 aliphatic rings. The van der Waals surface area contributed by atoms with Crippen molar-refractivity contribution in [1.82, 2.24) is 4.98 Å². The van der Waals surface area contributed by atoms with Crippen molar-refractivity contribution < 1.29 is 4.39 Å². The highest BCUT2D eigenvalue weighted by atomic mass is 19.1. The second kappa shape index (κ2) is 4.67. The highest BCUT2D eigenvalue weighted by Crippen LogP contribution is 2.29. The third-order valence-electron chi connectivity index (χ3n) is 3.76. The van der Waals surface area contributed by atoms with E-state index in [4.69, 9.17) is 0 Å². The zero-order valence-electron chi connectivity index (χ0n) is 11.3. The van der Waals surface area contributed by atoms with Gasteiger partial charge in [0.15, 0.2) is 0 Å². The Hall–Kier alpha value is -2.74. The molecule has 0 aliphatic carbocycles. The molecule has 21 heavy (non-hydrogen) atoms. The molecule has 0 saturated carbocycles. The average molecular weight is 273 g/mol. The van der Waals surface area contributed by atoms with Crippen molar-refractivity contribution in [2.75, 3.05) is 0 Å². The van der Waals surface area contributed by atoms with Crippen LogP contribution in [0, 0.1) is 5.82 Å². The molecular formula is C19H12FN. The van der Waals surface area contributed by atoms with Gasteiger partial charge in [-0.3, -0.25) is 4.98 Å². The molecule has 0 saturated heterocycles. The second-order valence-corrected chi connectivity index (χ2v) is 5.08. The first kappa shape index (κ1) is 12.0. The quantitative estimate of drug-likeness (QED) is 0.435. The third-order valence-corrected chi connectivity index (χ3v) is 3.76. The molecule has 0 aliphatic heterocycles. The van der Waals surface area contributed by atoms with Crippen LogP contribution in [0.5, 0.6) is 0 Å². The lowest BCUT2D eigenvalue weighted by atomic mass is 9.99. The van der Waals surface area contributed by atoms with Gasteiger partial charge in [-0.15, -0.1) is 0 Å². The van der Waals surface area contributed by atoms with Crippen LogP contribution in [0.4, 0.5) is 4.39 Å². The van der Waals surface area contributed by atoms with Gasteiger partial charge in [-0.05, 0) is 33.7 Å². The maximum Gasteiger partial charge on any atom is 0.126 e. The van der Waals surface area contributed by atoms with Crippen LogP contribution >= 0.6 is 0 Å². The Bertz CT molecular complexity index is 960. The molecule has 3 aromatic carbocycles. The van der Waals surface area contributed by atoms with Gasteiger partial charge in [-0.25, -0.2) is 4.39 Å². The predicted molar refractivity (Wildman–Crippen MR) is 84.6 cm³/mol. The summed E-state index contributed by atoms with van der Waals surface area (Å²) in [4.78, 5) is 4.26. The standard InChI is InChI=1S/C19H12FN/c20-16-9-10-21-19(12-16)15-8-7-14-6-5-13-3-1-2-4-17(13)18(14)11-15/h1-12H. The molecule has 4 rings (SSSR count). The number of rotatable bonds is 1. The van der Waals surface area contributed by atoms with Gasteiger partial charge in [0.1, 0.15) is 5.82 Å². The molecule has 1 nitrogen and oxygen atoms in total. The van der Waals surface area contributed by atoms with Crippen LogP contribution in [0.1, 0.15) is 0 Å². The molecular weight excluding hydrogens is 261 g/mol. The van der Waals surface area contributed by atoms with Gasteiger partial charge in [0.25, 0.3) is 0 Å². The van der Waals surface area contributed by atoms with Crippen molar-refractivity contribution in [2.24, 2.45) is 0 Å². The molecule has 0 N–H and O–H groups in total. The lowest BCUT2D eigenvalue weighted by molar-refractivity contribution is 0.626. The van der Waals surface area contributed by atoms with E-state index < -0.39 is 0 Å². The average Bonchev–Trinajstić information content (AvgIpc) is 2.54. The van der Waals surface area contributed by atoms with Crippen molar-refractivity contribution in [1.29, 1.82) is 0 Å². The predicted octanol–water partition coefficient (Wildman–Crippen LogP) is 5.19. The molecule has 0 atom stereocenters. The number of halogens is 1. The van der Waals surface area contributed by atoms with Crippen molar-refractivity contribution >= 4 is 21.5 Å². The summed E-state index contributed by atoms with van der Waals surface area (Å²) in [7, 11) is 0. The minimum absolute atomic E-state index is 0.266. The van der Waals surface area contributed by atoms with E-state index in [0.717, 1.165) is 10.9 Å². The van der Waals surface area contributed by atoms with Gasteiger partial charge >= 0.3 is 0 Å². The van der Waals surface area contributed by atoms with Gasteiger partial charge in [0.2, 0.25) is 0 Å². The third kappa shape index (κ3) is 2.05. The molecule has 0 radical (unpaired) electrons. The number of hydrogen-bond acceptors (Lipinski definition) is 1. The molecule has 0 spiro atoms. The Kier molecular flexibility index (Phi) is 2.68. The number of aromatic nitrogens is 1.